The molecular weight excluding hydrogens is 176 g/mol. The van der Waals surface area contributed by atoms with Crippen LogP contribution in [-0.2, 0) is 4.74 Å². The molecule has 0 spiro atoms. The topological polar surface area (TPSA) is 24.5 Å². The Morgan fingerprint density at radius 1 is 1.29 bits per heavy atom. The molecular formula is C11H20N2O. The van der Waals surface area contributed by atoms with Crippen LogP contribution in [-0.4, -0.2) is 50.8 Å². The molecule has 0 amide bonds. The fraction of sp³-hybridized carbons (Fsp3) is 0.818. The van der Waals surface area contributed by atoms with Crippen molar-refractivity contribution in [1.82, 2.24) is 10.2 Å². The van der Waals surface area contributed by atoms with Gasteiger partial charge in [0.05, 0.1) is 13.2 Å². The first-order chi connectivity index (χ1) is 6.93. The van der Waals surface area contributed by atoms with Gasteiger partial charge in [-0.25, -0.2) is 0 Å². The second-order valence-corrected chi connectivity index (χ2v) is 3.51. The van der Waals surface area contributed by atoms with Crippen molar-refractivity contribution < 1.29 is 4.74 Å². The van der Waals surface area contributed by atoms with Crippen molar-refractivity contribution >= 4 is 0 Å². The Morgan fingerprint density at radius 2 is 2.07 bits per heavy atom. The van der Waals surface area contributed by atoms with Crippen LogP contribution in [0.3, 0.4) is 0 Å². The average molecular weight is 196 g/mol. The Labute approximate surface area is 86.8 Å². The lowest BCUT2D eigenvalue weighted by atomic mass is 10.3. The van der Waals surface area contributed by atoms with Crippen LogP contribution in [0.1, 0.15) is 12.8 Å². The van der Waals surface area contributed by atoms with Crippen molar-refractivity contribution in [3.05, 3.63) is 0 Å². The van der Waals surface area contributed by atoms with Gasteiger partial charge in [0.15, 0.2) is 0 Å². The van der Waals surface area contributed by atoms with Crippen LogP contribution in [0.5, 0.6) is 0 Å². The molecule has 3 nitrogen and oxygen atoms in total. The van der Waals surface area contributed by atoms with E-state index in [1.807, 2.05) is 0 Å². The monoisotopic (exact) mass is 196 g/mol. The molecule has 0 saturated carbocycles. The van der Waals surface area contributed by atoms with Crippen molar-refractivity contribution in [1.29, 1.82) is 0 Å². The average Bonchev–Trinajstić information content (AvgIpc) is 2.25. The Morgan fingerprint density at radius 3 is 2.79 bits per heavy atom. The van der Waals surface area contributed by atoms with Crippen molar-refractivity contribution in [3.8, 4) is 12.3 Å². The van der Waals surface area contributed by atoms with Gasteiger partial charge in [-0.2, -0.15) is 0 Å². The van der Waals surface area contributed by atoms with Crippen molar-refractivity contribution in [2.75, 3.05) is 45.9 Å². The largest absolute Gasteiger partial charge is 0.379 e. The van der Waals surface area contributed by atoms with Crippen molar-refractivity contribution in [3.63, 3.8) is 0 Å². The van der Waals surface area contributed by atoms with Gasteiger partial charge in [-0.05, 0) is 13.0 Å². The predicted molar refractivity (Wildman–Crippen MR) is 58.2 cm³/mol. The summed E-state index contributed by atoms with van der Waals surface area (Å²) >= 11 is 0. The standard InChI is InChI=1S/C11H20N2O/c1-2-3-4-5-12-6-7-13-8-10-14-11-9-13/h1,12H,3-11H2. The molecule has 1 aliphatic heterocycles. The number of nitrogens with zero attached hydrogens (tertiary/aromatic N) is 1. The molecule has 0 bridgehead atoms. The summed E-state index contributed by atoms with van der Waals surface area (Å²) in [6, 6.07) is 0. The minimum Gasteiger partial charge on any atom is -0.379 e. The normalized spacial score (nSPS) is 17.9. The molecule has 0 aromatic heterocycles. The Hall–Kier alpha value is -0.560. The molecule has 0 unspecified atom stereocenters. The summed E-state index contributed by atoms with van der Waals surface area (Å²) in [5.41, 5.74) is 0. The molecule has 80 valence electrons. The summed E-state index contributed by atoms with van der Waals surface area (Å²) in [5, 5.41) is 3.39. The van der Waals surface area contributed by atoms with Gasteiger partial charge >= 0.3 is 0 Å². The molecule has 3 heteroatoms. The van der Waals surface area contributed by atoms with Crippen molar-refractivity contribution in [2.24, 2.45) is 0 Å². The van der Waals surface area contributed by atoms with E-state index in [2.05, 4.69) is 16.1 Å². The second-order valence-electron chi connectivity index (χ2n) is 3.51. The summed E-state index contributed by atoms with van der Waals surface area (Å²) in [5.74, 6) is 2.64. The molecule has 0 aromatic carbocycles. The van der Waals surface area contributed by atoms with E-state index in [0.717, 1.165) is 58.8 Å². The highest BCUT2D eigenvalue weighted by molar-refractivity contribution is 4.83. The fourth-order valence-corrected chi connectivity index (χ4v) is 1.50. The molecule has 14 heavy (non-hydrogen) atoms. The van der Waals surface area contributed by atoms with Gasteiger partial charge < -0.3 is 10.1 Å². The Bertz CT molecular complexity index is 171. The first-order valence-electron chi connectivity index (χ1n) is 5.38. The zero-order valence-corrected chi connectivity index (χ0v) is 8.80. The molecule has 1 fully saturated rings. The van der Waals surface area contributed by atoms with E-state index < -0.39 is 0 Å². The van der Waals surface area contributed by atoms with Gasteiger partial charge in [-0.3, -0.25) is 4.90 Å². The molecule has 1 N–H and O–H groups in total. The summed E-state index contributed by atoms with van der Waals surface area (Å²) < 4.78 is 5.27. The maximum Gasteiger partial charge on any atom is 0.0594 e. The number of terminal acetylenes is 1. The summed E-state index contributed by atoms with van der Waals surface area (Å²) in [4.78, 5) is 2.43. The molecule has 1 rings (SSSR count). The SMILES string of the molecule is C#CCCCNCCN1CCOCC1. The van der Waals surface area contributed by atoms with Gasteiger partial charge in [0.2, 0.25) is 0 Å². The third-order valence-electron chi connectivity index (χ3n) is 2.38. The lowest BCUT2D eigenvalue weighted by Gasteiger charge is -2.26. The van der Waals surface area contributed by atoms with Gasteiger partial charge in [-0.1, -0.05) is 0 Å². The van der Waals surface area contributed by atoms with Gasteiger partial charge in [-0.15, -0.1) is 12.3 Å². The van der Waals surface area contributed by atoms with E-state index in [1.54, 1.807) is 0 Å². The highest BCUT2D eigenvalue weighted by Gasteiger charge is 2.08. The van der Waals surface area contributed by atoms with E-state index in [1.165, 1.54) is 0 Å². The number of nitrogens with one attached hydrogen (secondary N) is 1. The second kappa shape index (κ2) is 7.81. The zero-order chi connectivity index (χ0) is 10.1. The quantitative estimate of drug-likeness (QED) is 0.489. The van der Waals surface area contributed by atoms with Crippen LogP contribution in [0.2, 0.25) is 0 Å². The lowest BCUT2D eigenvalue weighted by Crippen LogP contribution is -2.40. The van der Waals surface area contributed by atoms with Crippen molar-refractivity contribution in [2.45, 2.75) is 12.8 Å². The third kappa shape index (κ3) is 5.23. The number of morpholine rings is 1. The van der Waals surface area contributed by atoms with Gasteiger partial charge in [0.25, 0.3) is 0 Å². The van der Waals surface area contributed by atoms with E-state index in [4.69, 9.17) is 11.2 Å². The summed E-state index contributed by atoms with van der Waals surface area (Å²) in [6.45, 7) is 7.14. The zero-order valence-electron chi connectivity index (χ0n) is 8.80. The highest BCUT2D eigenvalue weighted by Crippen LogP contribution is 1.94. The number of rotatable bonds is 6. The highest BCUT2D eigenvalue weighted by atomic mass is 16.5. The number of ether oxygens (including phenoxy) is 1. The fourth-order valence-electron chi connectivity index (χ4n) is 1.50. The molecule has 0 aromatic rings. The molecule has 0 radical (unpaired) electrons. The number of unbranched alkanes of at least 4 members (excludes halogenated alkanes) is 1. The number of hydrogen-bond donors (Lipinski definition) is 1. The van der Waals surface area contributed by atoms with Crippen LogP contribution >= 0.6 is 0 Å². The molecule has 0 aliphatic carbocycles. The first kappa shape index (κ1) is 11.5. The van der Waals surface area contributed by atoms with Gasteiger partial charge in [0, 0.05) is 32.6 Å². The summed E-state index contributed by atoms with van der Waals surface area (Å²) in [7, 11) is 0. The minimum absolute atomic E-state index is 0.880. The van der Waals surface area contributed by atoms with Crippen LogP contribution in [0.25, 0.3) is 0 Å². The predicted octanol–water partition coefficient (Wildman–Crippen LogP) is 0.322. The van der Waals surface area contributed by atoms with E-state index >= 15 is 0 Å². The third-order valence-corrected chi connectivity index (χ3v) is 2.38. The Balaban J connectivity index is 1.85. The van der Waals surface area contributed by atoms with Gasteiger partial charge in [0.1, 0.15) is 0 Å². The Kier molecular flexibility index (Phi) is 6.42. The maximum atomic E-state index is 5.27. The van der Waals surface area contributed by atoms with Crippen LogP contribution in [0, 0.1) is 12.3 Å². The lowest BCUT2D eigenvalue weighted by molar-refractivity contribution is 0.0384. The molecule has 1 saturated heterocycles. The van der Waals surface area contributed by atoms with Crippen LogP contribution in [0.15, 0.2) is 0 Å². The number of hydrogen-bond acceptors (Lipinski definition) is 3. The summed E-state index contributed by atoms with van der Waals surface area (Å²) in [6.07, 6.45) is 7.12. The first-order valence-corrected chi connectivity index (χ1v) is 5.38. The van der Waals surface area contributed by atoms with E-state index in [-0.39, 0.29) is 0 Å². The van der Waals surface area contributed by atoms with Crippen LogP contribution < -0.4 is 5.32 Å². The smallest absolute Gasteiger partial charge is 0.0594 e. The van der Waals surface area contributed by atoms with Crippen LogP contribution in [0.4, 0.5) is 0 Å². The molecule has 1 aliphatic rings. The maximum absolute atomic E-state index is 5.27. The van der Waals surface area contributed by atoms with E-state index in [0.29, 0.717) is 0 Å². The molecule has 1 heterocycles. The van der Waals surface area contributed by atoms with E-state index in [9.17, 15) is 0 Å². The minimum atomic E-state index is 0.880. The molecule has 0 atom stereocenters.